The van der Waals surface area contributed by atoms with Gasteiger partial charge in [0.1, 0.15) is 11.5 Å². The molecule has 0 saturated carbocycles. The van der Waals surface area contributed by atoms with Gasteiger partial charge in [0.25, 0.3) is 0 Å². The minimum Gasteiger partial charge on any atom is -0.496 e. The molecule has 4 heteroatoms. The number of halogens is 1. The molecule has 0 aromatic heterocycles. The minimum atomic E-state index is 0.317. The van der Waals surface area contributed by atoms with Crippen molar-refractivity contribution in [1.29, 1.82) is 0 Å². The summed E-state index contributed by atoms with van der Waals surface area (Å²) in [6, 6.07) is 16.5. The van der Waals surface area contributed by atoms with Gasteiger partial charge in [0.2, 0.25) is 0 Å². The molecular weight excluding hydrogens is 322 g/mol. The van der Waals surface area contributed by atoms with Gasteiger partial charge in [0.05, 0.1) is 14.2 Å². The fraction of sp³-hybridized carbons (Fsp3) is 0.400. The lowest BCUT2D eigenvalue weighted by Gasteiger charge is -2.22. The van der Waals surface area contributed by atoms with E-state index in [1.807, 2.05) is 18.2 Å². The first kappa shape index (κ1) is 17.1. The summed E-state index contributed by atoms with van der Waals surface area (Å²) < 4.78 is 11.2. The Morgan fingerprint density at radius 1 is 0.958 bits per heavy atom. The van der Waals surface area contributed by atoms with Crippen LogP contribution in [0.25, 0.3) is 0 Å². The molecular formula is C20H24ClNO2. The summed E-state index contributed by atoms with van der Waals surface area (Å²) >= 11 is 6.30. The average Bonchev–Trinajstić information content (AvgIpc) is 3.04. The topological polar surface area (TPSA) is 21.7 Å². The summed E-state index contributed by atoms with van der Waals surface area (Å²) in [5, 5.41) is 0. The standard InChI is InChI=1S/C20H24ClNO2/c1-23-18-9-6-10-19(24-2)20(18)17-14-22(13-16(17)11-21)12-15-7-4-3-5-8-15/h3-10,16-17H,11-14H2,1-2H3. The Hall–Kier alpha value is -1.71. The van der Waals surface area contributed by atoms with Gasteiger partial charge in [-0.05, 0) is 23.6 Å². The predicted octanol–water partition coefficient (Wildman–Crippen LogP) is 4.16. The molecule has 1 heterocycles. The third-order valence-electron chi connectivity index (χ3n) is 4.80. The number of benzene rings is 2. The molecule has 0 amide bonds. The van der Waals surface area contributed by atoms with Gasteiger partial charge in [-0.25, -0.2) is 0 Å². The van der Waals surface area contributed by atoms with E-state index < -0.39 is 0 Å². The third-order valence-corrected chi connectivity index (χ3v) is 5.20. The maximum absolute atomic E-state index is 6.30. The van der Waals surface area contributed by atoms with Crippen LogP contribution in [0, 0.1) is 5.92 Å². The van der Waals surface area contributed by atoms with E-state index in [2.05, 4.69) is 35.2 Å². The molecule has 3 rings (SSSR count). The molecule has 24 heavy (non-hydrogen) atoms. The van der Waals surface area contributed by atoms with Gasteiger partial charge in [-0.15, -0.1) is 11.6 Å². The second-order valence-corrected chi connectivity index (χ2v) is 6.59. The minimum absolute atomic E-state index is 0.317. The van der Waals surface area contributed by atoms with Gasteiger partial charge in [0, 0.05) is 37.0 Å². The SMILES string of the molecule is COc1cccc(OC)c1C1CN(Cc2ccccc2)CC1CCl. The first-order valence-corrected chi connectivity index (χ1v) is 8.83. The lowest BCUT2D eigenvalue weighted by atomic mass is 9.89. The normalized spacial score (nSPS) is 21.0. The average molecular weight is 346 g/mol. The number of ether oxygens (including phenoxy) is 2. The highest BCUT2D eigenvalue weighted by Crippen LogP contribution is 2.43. The zero-order valence-electron chi connectivity index (χ0n) is 14.2. The van der Waals surface area contributed by atoms with Crippen LogP contribution in [-0.4, -0.2) is 38.1 Å². The van der Waals surface area contributed by atoms with Crippen molar-refractivity contribution >= 4 is 11.6 Å². The van der Waals surface area contributed by atoms with Gasteiger partial charge >= 0.3 is 0 Å². The zero-order valence-corrected chi connectivity index (χ0v) is 15.0. The number of methoxy groups -OCH3 is 2. The predicted molar refractivity (Wildman–Crippen MR) is 98.2 cm³/mol. The highest BCUT2D eigenvalue weighted by atomic mass is 35.5. The second kappa shape index (κ2) is 7.91. The van der Waals surface area contributed by atoms with E-state index in [-0.39, 0.29) is 0 Å². The number of likely N-dealkylation sites (tertiary alicyclic amines) is 1. The maximum atomic E-state index is 6.30. The molecule has 0 radical (unpaired) electrons. The molecule has 3 nitrogen and oxygen atoms in total. The van der Waals surface area contributed by atoms with Crippen LogP contribution in [0.3, 0.4) is 0 Å². The molecule has 0 aliphatic carbocycles. The first-order chi connectivity index (χ1) is 11.8. The molecule has 1 saturated heterocycles. The molecule has 2 atom stereocenters. The third kappa shape index (κ3) is 3.52. The van der Waals surface area contributed by atoms with Crippen molar-refractivity contribution in [3.05, 3.63) is 59.7 Å². The number of nitrogens with zero attached hydrogens (tertiary/aromatic N) is 1. The van der Waals surface area contributed by atoms with E-state index in [0.29, 0.717) is 17.7 Å². The molecule has 0 bridgehead atoms. The van der Waals surface area contributed by atoms with E-state index in [9.17, 15) is 0 Å². The largest absolute Gasteiger partial charge is 0.496 e. The van der Waals surface area contributed by atoms with Crippen LogP contribution in [0.4, 0.5) is 0 Å². The summed E-state index contributed by atoms with van der Waals surface area (Å²) in [7, 11) is 3.43. The quantitative estimate of drug-likeness (QED) is 0.734. The van der Waals surface area contributed by atoms with Crippen molar-refractivity contribution < 1.29 is 9.47 Å². The summed E-state index contributed by atoms with van der Waals surface area (Å²) in [5.41, 5.74) is 2.47. The highest BCUT2D eigenvalue weighted by molar-refractivity contribution is 6.18. The number of rotatable bonds is 6. The van der Waals surface area contributed by atoms with Crippen LogP contribution >= 0.6 is 11.6 Å². The van der Waals surface area contributed by atoms with Gasteiger partial charge in [-0.1, -0.05) is 36.4 Å². The zero-order chi connectivity index (χ0) is 16.9. The summed E-state index contributed by atoms with van der Waals surface area (Å²) in [4.78, 5) is 2.47. The van der Waals surface area contributed by atoms with Crippen LogP contribution in [0.2, 0.25) is 0 Å². The lowest BCUT2D eigenvalue weighted by molar-refractivity contribution is 0.318. The fourth-order valence-corrected chi connectivity index (χ4v) is 3.97. The van der Waals surface area contributed by atoms with Crippen LogP contribution in [-0.2, 0) is 6.54 Å². The first-order valence-electron chi connectivity index (χ1n) is 8.30. The van der Waals surface area contributed by atoms with Crippen molar-refractivity contribution in [2.75, 3.05) is 33.2 Å². The summed E-state index contributed by atoms with van der Waals surface area (Å²) in [6.07, 6.45) is 0. The van der Waals surface area contributed by atoms with Crippen molar-refractivity contribution in [2.24, 2.45) is 5.92 Å². The van der Waals surface area contributed by atoms with Crippen molar-refractivity contribution in [1.82, 2.24) is 4.90 Å². The second-order valence-electron chi connectivity index (χ2n) is 6.28. The highest BCUT2D eigenvalue weighted by Gasteiger charge is 2.36. The van der Waals surface area contributed by atoms with Crippen LogP contribution < -0.4 is 9.47 Å². The number of alkyl halides is 1. The monoisotopic (exact) mass is 345 g/mol. The van der Waals surface area contributed by atoms with E-state index in [0.717, 1.165) is 36.7 Å². The molecule has 1 fully saturated rings. The van der Waals surface area contributed by atoms with Crippen LogP contribution in [0.15, 0.2) is 48.5 Å². The van der Waals surface area contributed by atoms with Crippen molar-refractivity contribution in [3.8, 4) is 11.5 Å². The molecule has 1 aliphatic heterocycles. The van der Waals surface area contributed by atoms with Crippen molar-refractivity contribution in [2.45, 2.75) is 12.5 Å². The molecule has 2 aromatic rings. The van der Waals surface area contributed by atoms with Gasteiger partial charge in [0.15, 0.2) is 0 Å². The number of hydrogen-bond donors (Lipinski definition) is 0. The van der Waals surface area contributed by atoms with Crippen molar-refractivity contribution in [3.63, 3.8) is 0 Å². The van der Waals surface area contributed by atoms with E-state index in [4.69, 9.17) is 21.1 Å². The Morgan fingerprint density at radius 2 is 1.62 bits per heavy atom. The smallest absolute Gasteiger partial charge is 0.126 e. The Kier molecular flexibility index (Phi) is 5.64. The summed E-state index contributed by atoms with van der Waals surface area (Å²) in [6.45, 7) is 2.90. The molecule has 2 unspecified atom stereocenters. The molecule has 0 spiro atoms. The molecule has 1 aliphatic rings. The van der Waals surface area contributed by atoms with Crippen LogP contribution in [0.1, 0.15) is 17.0 Å². The Balaban J connectivity index is 1.85. The van der Waals surface area contributed by atoms with Crippen LogP contribution in [0.5, 0.6) is 11.5 Å². The fourth-order valence-electron chi connectivity index (χ4n) is 3.66. The lowest BCUT2D eigenvalue weighted by Crippen LogP contribution is -2.20. The Labute approximate surface area is 149 Å². The van der Waals surface area contributed by atoms with E-state index in [1.165, 1.54) is 5.56 Å². The van der Waals surface area contributed by atoms with E-state index >= 15 is 0 Å². The maximum Gasteiger partial charge on any atom is 0.126 e. The van der Waals surface area contributed by atoms with Gasteiger partial charge in [-0.2, -0.15) is 0 Å². The Bertz CT molecular complexity index is 640. The van der Waals surface area contributed by atoms with Gasteiger partial charge in [-0.3, -0.25) is 4.90 Å². The number of hydrogen-bond acceptors (Lipinski definition) is 3. The molecule has 0 N–H and O–H groups in total. The summed E-state index contributed by atoms with van der Waals surface area (Å²) in [5.74, 6) is 3.11. The van der Waals surface area contributed by atoms with Gasteiger partial charge < -0.3 is 9.47 Å². The Morgan fingerprint density at radius 3 is 2.21 bits per heavy atom. The molecule has 128 valence electrons. The van der Waals surface area contributed by atoms with E-state index in [1.54, 1.807) is 14.2 Å². The molecule has 2 aromatic carbocycles.